The van der Waals surface area contributed by atoms with Gasteiger partial charge in [-0.15, -0.1) is 5.10 Å². The summed E-state index contributed by atoms with van der Waals surface area (Å²) in [5.74, 6) is 5.78. The summed E-state index contributed by atoms with van der Waals surface area (Å²) in [6.07, 6.45) is 3.67. The average Bonchev–Trinajstić information content (AvgIpc) is 3.08. The molecule has 2 heterocycles. The van der Waals surface area contributed by atoms with Gasteiger partial charge in [0.2, 0.25) is 0 Å². The van der Waals surface area contributed by atoms with Crippen LogP contribution in [0.3, 0.4) is 0 Å². The quantitative estimate of drug-likeness (QED) is 0.583. The number of nitrogens with zero attached hydrogens (tertiary/aromatic N) is 5. The predicted octanol–water partition coefficient (Wildman–Crippen LogP) is 1.02. The number of aryl methyl sites for hydroxylation is 3. The van der Waals surface area contributed by atoms with E-state index in [0.717, 1.165) is 43.0 Å². The second kappa shape index (κ2) is 6.62. The van der Waals surface area contributed by atoms with Crippen molar-refractivity contribution in [3.05, 3.63) is 29.3 Å². The highest BCUT2D eigenvalue weighted by Crippen LogP contribution is 2.22. The van der Waals surface area contributed by atoms with Crippen LogP contribution >= 0.6 is 0 Å². The molecule has 110 valence electrons. The molecule has 1 unspecified atom stereocenters. The molecule has 7 nitrogen and oxygen atoms in total. The lowest BCUT2D eigenvalue weighted by atomic mass is 10.1. The van der Waals surface area contributed by atoms with Crippen LogP contribution in [0.15, 0.2) is 12.3 Å². The molecule has 0 radical (unpaired) electrons. The first-order chi connectivity index (χ1) is 9.74. The van der Waals surface area contributed by atoms with E-state index in [1.165, 1.54) is 0 Å². The molecule has 0 spiro atoms. The van der Waals surface area contributed by atoms with Crippen LogP contribution in [0.25, 0.3) is 0 Å². The van der Waals surface area contributed by atoms with Crippen molar-refractivity contribution in [3.8, 4) is 0 Å². The zero-order chi connectivity index (χ0) is 14.5. The number of hydrogen-bond donors (Lipinski definition) is 2. The summed E-state index contributed by atoms with van der Waals surface area (Å²) in [6, 6.07) is 1.95. The summed E-state index contributed by atoms with van der Waals surface area (Å²) >= 11 is 0. The van der Waals surface area contributed by atoms with Crippen molar-refractivity contribution in [2.24, 2.45) is 5.84 Å². The lowest BCUT2D eigenvalue weighted by Gasteiger charge is -2.17. The van der Waals surface area contributed by atoms with E-state index in [1.54, 1.807) is 6.20 Å². The van der Waals surface area contributed by atoms with E-state index >= 15 is 0 Å². The van der Waals surface area contributed by atoms with Crippen molar-refractivity contribution in [2.45, 2.75) is 52.7 Å². The molecule has 2 rings (SSSR count). The summed E-state index contributed by atoms with van der Waals surface area (Å²) in [6.45, 7) is 7.92. The number of nitrogens with one attached hydrogen (secondary N) is 1. The molecular formula is C13H23N7. The third-order valence-corrected chi connectivity index (χ3v) is 3.36. The molecule has 0 fully saturated rings. The number of nitrogens with two attached hydrogens (primary N) is 1. The van der Waals surface area contributed by atoms with Gasteiger partial charge in [-0.1, -0.05) is 19.1 Å². The van der Waals surface area contributed by atoms with Crippen LogP contribution in [-0.2, 0) is 19.5 Å². The molecule has 0 aliphatic heterocycles. The van der Waals surface area contributed by atoms with Crippen LogP contribution < -0.4 is 11.3 Å². The van der Waals surface area contributed by atoms with Crippen LogP contribution in [0.2, 0.25) is 0 Å². The fourth-order valence-corrected chi connectivity index (χ4v) is 2.34. The fraction of sp³-hybridized carbons (Fsp3) is 0.615. The van der Waals surface area contributed by atoms with E-state index in [-0.39, 0.29) is 6.04 Å². The molecule has 20 heavy (non-hydrogen) atoms. The Balaban J connectivity index is 2.41. The van der Waals surface area contributed by atoms with Gasteiger partial charge in [0.1, 0.15) is 6.04 Å². The largest absolute Gasteiger partial charge is 0.270 e. The Kier molecular flexibility index (Phi) is 4.86. The Hall–Kier alpha value is -1.73. The molecule has 2 aromatic rings. The Labute approximate surface area is 119 Å². The van der Waals surface area contributed by atoms with E-state index in [9.17, 15) is 0 Å². The van der Waals surface area contributed by atoms with Crippen molar-refractivity contribution in [2.75, 3.05) is 0 Å². The molecule has 0 amide bonds. The Morgan fingerprint density at radius 1 is 1.25 bits per heavy atom. The molecule has 2 aromatic heterocycles. The maximum absolute atomic E-state index is 5.78. The van der Waals surface area contributed by atoms with Crippen molar-refractivity contribution in [3.63, 3.8) is 0 Å². The molecule has 0 saturated heterocycles. The topological polar surface area (TPSA) is 86.6 Å². The summed E-state index contributed by atoms with van der Waals surface area (Å²) < 4.78 is 3.87. The van der Waals surface area contributed by atoms with Crippen molar-refractivity contribution in [1.29, 1.82) is 0 Å². The van der Waals surface area contributed by atoms with Gasteiger partial charge in [-0.3, -0.25) is 10.5 Å². The number of aromatic nitrogens is 5. The van der Waals surface area contributed by atoms with Crippen LogP contribution in [-0.4, -0.2) is 24.8 Å². The predicted molar refractivity (Wildman–Crippen MR) is 76.8 cm³/mol. The highest BCUT2D eigenvalue weighted by atomic mass is 15.4. The molecule has 1 atom stereocenters. The molecule has 0 aliphatic carbocycles. The standard InChI is InChI=1S/C13H23N7/c1-4-7-20-12(9-15-18-20)13(16-14)11-8-10(5-2)17-19(11)6-3/h8-9,13,16H,4-7,14H2,1-3H3. The van der Waals surface area contributed by atoms with Crippen LogP contribution in [0.5, 0.6) is 0 Å². The smallest absolute Gasteiger partial charge is 0.106 e. The van der Waals surface area contributed by atoms with E-state index in [4.69, 9.17) is 5.84 Å². The highest BCUT2D eigenvalue weighted by Gasteiger charge is 2.22. The first-order valence-electron chi connectivity index (χ1n) is 7.16. The van der Waals surface area contributed by atoms with Crippen LogP contribution in [0, 0.1) is 0 Å². The van der Waals surface area contributed by atoms with E-state index in [2.05, 4.69) is 47.7 Å². The third kappa shape index (κ3) is 2.73. The van der Waals surface area contributed by atoms with E-state index in [1.807, 2.05) is 9.36 Å². The summed E-state index contributed by atoms with van der Waals surface area (Å²) in [7, 11) is 0. The van der Waals surface area contributed by atoms with Gasteiger partial charge in [-0.25, -0.2) is 10.1 Å². The molecule has 7 heteroatoms. The van der Waals surface area contributed by atoms with E-state index in [0.29, 0.717) is 0 Å². The Morgan fingerprint density at radius 3 is 2.65 bits per heavy atom. The zero-order valence-electron chi connectivity index (χ0n) is 12.4. The van der Waals surface area contributed by atoms with Gasteiger partial charge in [0.25, 0.3) is 0 Å². The molecule has 0 saturated carbocycles. The first kappa shape index (κ1) is 14.7. The van der Waals surface area contributed by atoms with Gasteiger partial charge in [0, 0.05) is 13.1 Å². The van der Waals surface area contributed by atoms with Gasteiger partial charge in [0.15, 0.2) is 0 Å². The van der Waals surface area contributed by atoms with Gasteiger partial charge >= 0.3 is 0 Å². The normalized spacial score (nSPS) is 12.8. The number of hydrogen-bond acceptors (Lipinski definition) is 5. The SMILES string of the molecule is CCCn1nncc1C(NN)c1cc(CC)nn1CC. The monoisotopic (exact) mass is 277 g/mol. The van der Waals surface area contributed by atoms with Crippen molar-refractivity contribution < 1.29 is 0 Å². The molecule has 3 N–H and O–H groups in total. The highest BCUT2D eigenvalue weighted by molar-refractivity contribution is 5.23. The lowest BCUT2D eigenvalue weighted by molar-refractivity contribution is 0.484. The average molecular weight is 277 g/mol. The minimum Gasteiger partial charge on any atom is -0.270 e. The van der Waals surface area contributed by atoms with Crippen molar-refractivity contribution >= 4 is 0 Å². The van der Waals surface area contributed by atoms with Gasteiger partial charge in [0.05, 0.1) is 23.3 Å². The molecule has 0 bridgehead atoms. The van der Waals surface area contributed by atoms with E-state index < -0.39 is 0 Å². The fourth-order valence-electron chi connectivity index (χ4n) is 2.34. The molecular weight excluding hydrogens is 254 g/mol. The van der Waals surface area contributed by atoms with Gasteiger partial charge in [-0.2, -0.15) is 5.10 Å². The van der Waals surface area contributed by atoms with Crippen LogP contribution in [0.1, 0.15) is 50.3 Å². The summed E-state index contributed by atoms with van der Waals surface area (Å²) in [4.78, 5) is 0. The zero-order valence-corrected chi connectivity index (χ0v) is 12.4. The second-order valence-corrected chi connectivity index (χ2v) is 4.71. The minimum atomic E-state index is -0.149. The summed E-state index contributed by atoms with van der Waals surface area (Å²) in [5, 5.41) is 12.7. The maximum atomic E-state index is 5.78. The summed E-state index contributed by atoms with van der Waals surface area (Å²) in [5.41, 5.74) is 5.95. The first-order valence-corrected chi connectivity index (χ1v) is 7.16. The second-order valence-electron chi connectivity index (χ2n) is 4.71. The molecule has 0 aromatic carbocycles. The third-order valence-electron chi connectivity index (χ3n) is 3.36. The Bertz CT molecular complexity index is 543. The van der Waals surface area contributed by atoms with Gasteiger partial charge < -0.3 is 0 Å². The lowest BCUT2D eigenvalue weighted by Crippen LogP contribution is -2.32. The van der Waals surface area contributed by atoms with Crippen molar-refractivity contribution in [1.82, 2.24) is 30.2 Å². The molecule has 0 aliphatic rings. The maximum Gasteiger partial charge on any atom is 0.106 e. The Morgan fingerprint density at radius 2 is 2.05 bits per heavy atom. The van der Waals surface area contributed by atoms with Gasteiger partial charge in [-0.05, 0) is 25.8 Å². The van der Waals surface area contributed by atoms with Crippen LogP contribution in [0.4, 0.5) is 0 Å². The number of rotatable bonds is 7. The minimum absolute atomic E-state index is 0.149. The number of hydrazine groups is 1.